The largest absolute Gasteiger partial charge is 0.416 e. The Morgan fingerprint density at radius 1 is 1.18 bits per heavy atom. The van der Waals surface area contributed by atoms with Gasteiger partial charge in [-0.15, -0.1) is 0 Å². The molecule has 182 valence electrons. The van der Waals surface area contributed by atoms with Gasteiger partial charge in [0.2, 0.25) is 5.88 Å². The molecule has 2 aromatic heterocycles. The summed E-state index contributed by atoms with van der Waals surface area (Å²) in [6.45, 7) is 9.95. The van der Waals surface area contributed by atoms with Crippen LogP contribution in [0.1, 0.15) is 54.9 Å². The Kier molecular flexibility index (Phi) is 7.38. The maximum atomic E-state index is 12.8. The Labute approximate surface area is 200 Å². The highest BCUT2D eigenvalue weighted by Crippen LogP contribution is 2.45. The van der Waals surface area contributed by atoms with Crippen molar-refractivity contribution in [2.45, 2.75) is 46.3 Å². The number of amides is 1. The van der Waals surface area contributed by atoms with Crippen LogP contribution in [-0.2, 0) is 9.47 Å². The van der Waals surface area contributed by atoms with Crippen molar-refractivity contribution in [1.29, 1.82) is 0 Å². The lowest BCUT2D eigenvalue weighted by Crippen LogP contribution is -2.33. The van der Waals surface area contributed by atoms with Crippen molar-refractivity contribution >= 4 is 17.4 Å². The van der Waals surface area contributed by atoms with Gasteiger partial charge in [0.1, 0.15) is 0 Å². The minimum atomic E-state index is -0.375. The maximum absolute atomic E-state index is 12.8. The molecule has 0 saturated heterocycles. The van der Waals surface area contributed by atoms with Crippen LogP contribution in [0.3, 0.4) is 0 Å². The van der Waals surface area contributed by atoms with E-state index in [9.17, 15) is 4.79 Å². The first-order chi connectivity index (χ1) is 16.5. The van der Waals surface area contributed by atoms with Gasteiger partial charge in [-0.2, -0.15) is 0 Å². The molecular weight excluding hydrogens is 432 g/mol. The number of methoxy groups -OCH3 is 1. The van der Waals surface area contributed by atoms with Crippen LogP contribution in [0.4, 0.5) is 10.5 Å². The molecule has 8 heteroatoms. The fraction of sp³-hybridized carbons (Fsp3) is 0.462. The normalized spacial score (nSPS) is 17.3. The Morgan fingerprint density at radius 3 is 2.59 bits per heavy atom. The van der Waals surface area contributed by atoms with Gasteiger partial charge < -0.3 is 24.4 Å². The van der Waals surface area contributed by atoms with E-state index in [-0.39, 0.29) is 18.2 Å². The zero-order valence-corrected chi connectivity index (χ0v) is 20.6. The smallest absolute Gasteiger partial charge is 0.393 e. The van der Waals surface area contributed by atoms with Crippen LogP contribution in [0.5, 0.6) is 5.88 Å². The van der Waals surface area contributed by atoms with Gasteiger partial charge in [-0.1, -0.05) is 30.3 Å². The quantitative estimate of drug-likeness (QED) is 0.468. The molecule has 1 N–H and O–H groups in total. The summed E-state index contributed by atoms with van der Waals surface area (Å²) in [6, 6.07) is 12.3. The molecule has 0 fully saturated rings. The number of carbonyl (C=O) groups excluding carboxylic acids is 1. The SMILES string of the molecule is CCN(CC)C(=O)Oc1cc2c(c3nc(C)c(C)n13)NC(c1ccccc1)CC2OCCOC. The van der Waals surface area contributed by atoms with E-state index >= 15 is 0 Å². The lowest BCUT2D eigenvalue weighted by molar-refractivity contribution is 0.00785. The molecule has 1 aliphatic rings. The Morgan fingerprint density at radius 2 is 1.91 bits per heavy atom. The van der Waals surface area contributed by atoms with Crippen LogP contribution in [0.15, 0.2) is 36.4 Å². The number of fused-ring (bicyclic) bond motifs is 3. The topological polar surface area (TPSA) is 77.3 Å². The summed E-state index contributed by atoms with van der Waals surface area (Å²) in [5.74, 6) is 0.448. The van der Waals surface area contributed by atoms with Crippen molar-refractivity contribution in [2.24, 2.45) is 0 Å². The van der Waals surface area contributed by atoms with Crippen molar-refractivity contribution in [2.75, 3.05) is 38.7 Å². The number of nitrogens with one attached hydrogen (secondary N) is 1. The first kappa shape index (κ1) is 24.0. The fourth-order valence-electron chi connectivity index (χ4n) is 4.47. The van der Waals surface area contributed by atoms with Gasteiger partial charge in [0.25, 0.3) is 0 Å². The van der Waals surface area contributed by atoms with E-state index in [0.717, 1.165) is 34.7 Å². The third kappa shape index (κ3) is 4.60. The molecule has 1 aliphatic heterocycles. The molecule has 4 rings (SSSR count). The summed E-state index contributed by atoms with van der Waals surface area (Å²) in [7, 11) is 1.66. The molecule has 8 nitrogen and oxygen atoms in total. The first-order valence-corrected chi connectivity index (χ1v) is 11.9. The van der Waals surface area contributed by atoms with Crippen LogP contribution in [0, 0.1) is 13.8 Å². The third-order valence-electron chi connectivity index (χ3n) is 6.49. The van der Waals surface area contributed by atoms with Gasteiger partial charge in [-0.05, 0) is 33.3 Å². The van der Waals surface area contributed by atoms with Crippen molar-refractivity contribution in [3.63, 3.8) is 0 Å². The summed E-state index contributed by atoms with van der Waals surface area (Å²) < 4.78 is 19.3. The van der Waals surface area contributed by atoms with E-state index in [4.69, 9.17) is 19.2 Å². The van der Waals surface area contributed by atoms with Crippen molar-refractivity contribution in [3.05, 3.63) is 58.9 Å². The van der Waals surface area contributed by atoms with E-state index in [1.807, 2.05) is 56.4 Å². The second kappa shape index (κ2) is 10.4. The van der Waals surface area contributed by atoms with E-state index < -0.39 is 0 Å². The molecule has 3 aromatic rings. The summed E-state index contributed by atoms with van der Waals surface area (Å²) >= 11 is 0. The molecule has 0 aliphatic carbocycles. The number of benzene rings is 1. The molecule has 3 heterocycles. The van der Waals surface area contributed by atoms with Gasteiger partial charge in [-0.3, -0.25) is 4.40 Å². The summed E-state index contributed by atoms with van der Waals surface area (Å²) in [5, 5.41) is 3.70. The lowest BCUT2D eigenvalue weighted by Gasteiger charge is -2.34. The molecule has 1 aromatic carbocycles. The molecule has 0 spiro atoms. The van der Waals surface area contributed by atoms with Crippen LogP contribution >= 0.6 is 0 Å². The Hall–Kier alpha value is -3.10. The van der Waals surface area contributed by atoms with Gasteiger partial charge in [0, 0.05) is 43.9 Å². The number of rotatable bonds is 8. The minimum Gasteiger partial charge on any atom is -0.393 e. The molecule has 1 amide bonds. The lowest BCUT2D eigenvalue weighted by atomic mass is 9.91. The monoisotopic (exact) mass is 466 g/mol. The number of hydrogen-bond acceptors (Lipinski definition) is 6. The number of hydrogen-bond donors (Lipinski definition) is 1. The number of anilines is 1. The van der Waals surface area contributed by atoms with E-state index in [1.54, 1.807) is 12.0 Å². The molecular formula is C26H34N4O4. The molecule has 2 atom stereocenters. The number of pyridine rings is 1. The molecule has 0 radical (unpaired) electrons. The second-order valence-corrected chi connectivity index (χ2v) is 8.49. The summed E-state index contributed by atoms with van der Waals surface area (Å²) in [4.78, 5) is 19.3. The average molecular weight is 467 g/mol. The zero-order valence-electron chi connectivity index (χ0n) is 20.6. The predicted molar refractivity (Wildman–Crippen MR) is 132 cm³/mol. The second-order valence-electron chi connectivity index (χ2n) is 8.49. The maximum Gasteiger partial charge on any atom is 0.416 e. The predicted octanol–water partition coefficient (Wildman–Crippen LogP) is 5.05. The third-order valence-corrected chi connectivity index (χ3v) is 6.49. The van der Waals surface area contributed by atoms with E-state index in [1.165, 1.54) is 5.56 Å². The first-order valence-electron chi connectivity index (χ1n) is 11.9. The Balaban J connectivity index is 1.82. The van der Waals surface area contributed by atoms with E-state index in [2.05, 4.69) is 17.4 Å². The number of imidazole rings is 1. The van der Waals surface area contributed by atoms with Crippen molar-refractivity contribution in [3.8, 4) is 5.88 Å². The number of carbonyl (C=O) groups is 1. The average Bonchev–Trinajstić information content (AvgIpc) is 3.15. The molecule has 0 saturated carbocycles. The number of aryl methyl sites for hydroxylation is 2. The van der Waals surface area contributed by atoms with Gasteiger partial charge in [-0.25, -0.2) is 9.78 Å². The van der Waals surface area contributed by atoms with Crippen LogP contribution < -0.4 is 10.1 Å². The molecule has 0 bridgehead atoms. The number of nitrogens with zero attached hydrogens (tertiary/aromatic N) is 3. The highest BCUT2D eigenvalue weighted by Gasteiger charge is 2.33. The molecule has 34 heavy (non-hydrogen) atoms. The fourth-order valence-corrected chi connectivity index (χ4v) is 4.47. The minimum absolute atomic E-state index is 0.0615. The zero-order chi connectivity index (χ0) is 24.2. The number of aromatic nitrogens is 2. The van der Waals surface area contributed by atoms with E-state index in [0.29, 0.717) is 32.2 Å². The summed E-state index contributed by atoms with van der Waals surface area (Å²) in [5.41, 5.74) is 5.57. The highest BCUT2D eigenvalue weighted by molar-refractivity contribution is 5.78. The summed E-state index contributed by atoms with van der Waals surface area (Å²) in [6.07, 6.45) is 0.156. The van der Waals surface area contributed by atoms with Crippen LogP contribution in [0.25, 0.3) is 5.65 Å². The van der Waals surface area contributed by atoms with Crippen LogP contribution in [-0.4, -0.2) is 53.8 Å². The van der Waals surface area contributed by atoms with Gasteiger partial charge in [0.05, 0.1) is 36.7 Å². The standard InChI is InChI=1S/C26H34N4O4/c1-6-29(7-2)26(31)34-23-15-20-22(33-14-13-32-5)16-21(19-11-9-8-10-12-19)28-24(20)25-27-17(3)18(4)30(23)25/h8-12,15,21-22,28H,6-7,13-14,16H2,1-5H3. The van der Waals surface area contributed by atoms with Crippen LogP contribution in [0.2, 0.25) is 0 Å². The van der Waals surface area contributed by atoms with Gasteiger partial charge >= 0.3 is 6.09 Å². The van der Waals surface area contributed by atoms with Crippen molar-refractivity contribution in [1.82, 2.24) is 14.3 Å². The molecule has 2 unspecified atom stereocenters. The highest BCUT2D eigenvalue weighted by atomic mass is 16.6. The number of ether oxygens (including phenoxy) is 3. The van der Waals surface area contributed by atoms with Gasteiger partial charge in [0.15, 0.2) is 5.65 Å². The van der Waals surface area contributed by atoms with Crippen molar-refractivity contribution < 1.29 is 19.0 Å². The Bertz CT molecular complexity index is 1140.